The minimum atomic E-state index is -8.88. The summed E-state index contributed by atoms with van der Waals surface area (Å²) in [4.78, 5) is 0. The molecule has 0 aromatic rings. The summed E-state index contributed by atoms with van der Waals surface area (Å²) in [6.07, 6.45) is -7.88. The summed E-state index contributed by atoms with van der Waals surface area (Å²) < 4.78 is 240. The molecular weight excluding hydrogens is 501 g/mol. The van der Waals surface area contributed by atoms with Crippen molar-refractivity contribution in [1.82, 2.24) is 0 Å². The van der Waals surface area contributed by atoms with Gasteiger partial charge in [-0.2, -0.15) is 83.4 Å². The van der Waals surface area contributed by atoms with Gasteiger partial charge in [-0.3, -0.25) is 0 Å². The summed E-state index contributed by atoms with van der Waals surface area (Å²) >= 11 is 1.32. The summed E-state index contributed by atoms with van der Waals surface area (Å²) in [5, 5.41) is -6.73. The van der Waals surface area contributed by atoms with Crippen LogP contribution in [0.15, 0.2) is 0 Å². The Balaban J connectivity index is 6.82. The molecule has 176 valence electrons. The van der Waals surface area contributed by atoms with Crippen molar-refractivity contribution in [2.24, 2.45) is 0 Å². The van der Waals surface area contributed by atoms with E-state index < -0.39 is 52.9 Å². The molecule has 0 aliphatic rings. The van der Waals surface area contributed by atoms with E-state index in [-0.39, 0.29) is 0 Å². The summed E-state index contributed by atoms with van der Waals surface area (Å²) in [5.41, 5.74) is 0. The highest BCUT2D eigenvalue weighted by Crippen LogP contribution is 2.65. The molecule has 0 N–H and O–H groups in total. The fourth-order valence-corrected chi connectivity index (χ4v) is 1.49. The summed E-state index contributed by atoms with van der Waals surface area (Å²) in [7, 11) is 0. The SMILES string of the molecule is FC(F)(F)C(F)(F)C(F)(F)C(F)(F)C(F)(F)C(F)(F)C(F)(F)C(F)(F)C(F)(F)S. The van der Waals surface area contributed by atoms with Crippen molar-refractivity contribution in [1.29, 1.82) is 0 Å². The van der Waals surface area contributed by atoms with Crippen molar-refractivity contribution in [2.45, 2.75) is 52.9 Å². The van der Waals surface area contributed by atoms with Crippen molar-refractivity contribution < 1.29 is 83.4 Å². The van der Waals surface area contributed by atoms with Crippen molar-refractivity contribution in [3.8, 4) is 0 Å². The Kier molecular flexibility index (Phi) is 6.29. The van der Waals surface area contributed by atoms with Gasteiger partial charge >= 0.3 is 52.9 Å². The first-order valence-electron chi connectivity index (χ1n) is 5.81. The maximum absolute atomic E-state index is 13.0. The number of halogens is 19. The van der Waals surface area contributed by atoms with E-state index in [0.717, 1.165) is 0 Å². The molecule has 0 spiro atoms. The quantitative estimate of drug-likeness (QED) is 0.298. The van der Waals surface area contributed by atoms with Crippen LogP contribution in [-0.2, 0) is 0 Å². The number of hydrogen-bond acceptors (Lipinski definition) is 1. The average Bonchev–Trinajstić information content (AvgIpc) is 2.43. The summed E-state index contributed by atoms with van der Waals surface area (Å²) in [5.74, 6) is -59.8. The zero-order chi connectivity index (χ0) is 24.5. The van der Waals surface area contributed by atoms with Gasteiger partial charge in [-0.1, -0.05) is 12.6 Å². The lowest BCUT2D eigenvalue weighted by atomic mass is 9.89. The van der Waals surface area contributed by atoms with Gasteiger partial charge in [0.15, 0.2) is 0 Å². The smallest absolute Gasteiger partial charge is 0.192 e. The Labute approximate surface area is 150 Å². The van der Waals surface area contributed by atoms with Crippen molar-refractivity contribution in [2.75, 3.05) is 0 Å². The summed E-state index contributed by atoms with van der Waals surface area (Å²) in [6.45, 7) is 0. The first-order valence-corrected chi connectivity index (χ1v) is 6.26. The third-order valence-corrected chi connectivity index (χ3v) is 3.38. The van der Waals surface area contributed by atoms with E-state index in [4.69, 9.17) is 0 Å². The monoisotopic (exact) mass is 502 g/mol. The van der Waals surface area contributed by atoms with Crippen LogP contribution in [0.25, 0.3) is 0 Å². The maximum atomic E-state index is 13.0. The maximum Gasteiger partial charge on any atom is 0.460 e. The zero-order valence-corrected chi connectivity index (χ0v) is 13.0. The second kappa shape index (κ2) is 6.51. The van der Waals surface area contributed by atoms with Crippen LogP contribution in [0, 0.1) is 0 Å². The lowest BCUT2D eigenvalue weighted by Gasteiger charge is -2.43. The molecule has 20 heteroatoms. The molecule has 0 fully saturated rings. The Bertz CT molecular complexity index is 554. The predicted octanol–water partition coefficient (Wildman–Crippen LogP) is 6.52. The average molecular weight is 502 g/mol. The van der Waals surface area contributed by atoms with Crippen LogP contribution in [0.2, 0.25) is 0 Å². The predicted molar refractivity (Wildman–Crippen MR) is 54.6 cm³/mol. The molecular formula is C9HF19S. The van der Waals surface area contributed by atoms with Gasteiger partial charge in [0.25, 0.3) is 0 Å². The van der Waals surface area contributed by atoms with E-state index in [9.17, 15) is 83.4 Å². The van der Waals surface area contributed by atoms with Crippen LogP contribution in [0.1, 0.15) is 0 Å². The van der Waals surface area contributed by atoms with Crippen molar-refractivity contribution >= 4 is 12.6 Å². The molecule has 0 radical (unpaired) electrons. The van der Waals surface area contributed by atoms with Gasteiger partial charge in [0.2, 0.25) is 0 Å². The molecule has 0 aromatic carbocycles. The Hall–Kier alpha value is -0.980. The molecule has 0 rings (SSSR count). The first-order chi connectivity index (χ1) is 12.0. The molecule has 0 aliphatic carbocycles. The Morgan fingerprint density at radius 2 is 0.448 bits per heavy atom. The van der Waals surface area contributed by atoms with Gasteiger partial charge in [-0.05, 0) is 0 Å². The largest absolute Gasteiger partial charge is 0.460 e. The molecule has 0 amide bonds. The van der Waals surface area contributed by atoms with E-state index >= 15 is 0 Å². The molecule has 0 aliphatic heterocycles. The number of hydrogen-bond donors (Lipinski definition) is 1. The topological polar surface area (TPSA) is 0 Å². The van der Waals surface area contributed by atoms with Gasteiger partial charge in [0.1, 0.15) is 0 Å². The van der Waals surface area contributed by atoms with Gasteiger partial charge in [-0.25, -0.2) is 0 Å². The van der Waals surface area contributed by atoms with Gasteiger partial charge in [0.05, 0.1) is 0 Å². The van der Waals surface area contributed by atoms with E-state index in [1.165, 1.54) is 12.6 Å². The highest BCUT2D eigenvalue weighted by molar-refractivity contribution is 7.81. The number of alkyl halides is 19. The lowest BCUT2D eigenvalue weighted by molar-refractivity contribution is -0.465. The van der Waals surface area contributed by atoms with E-state index in [1.54, 1.807) is 0 Å². The third-order valence-electron chi connectivity index (χ3n) is 3.10. The molecule has 0 bridgehead atoms. The lowest BCUT2D eigenvalue weighted by Crippen LogP contribution is -2.75. The third kappa shape index (κ3) is 3.35. The molecule has 0 saturated heterocycles. The van der Waals surface area contributed by atoms with Gasteiger partial charge in [-0.15, -0.1) is 0 Å². The van der Waals surface area contributed by atoms with Gasteiger partial charge < -0.3 is 0 Å². The normalized spacial score (nSPS) is 17.0. The minimum absolute atomic E-state index is 1.32. The molecule has 0 unspecified atom stereocenters. The molecule has 0 atom stereocenters. The number of rotatable bonds is 7. The Morgan fingerprint density at radius 3 is 0.621 bits per heavy atom. The van der Waals surface area contributed by atoms with Crippen LogP contribution < -0.4 is 0 Å². The second-order valence-electron chi connectivity index (χ2n) is 5.06. The fourth-order valence-electron chi connectivity index (χ4n) is 1.35. The van der Waals surface area contributed by atoms with Crippen LogP contribution in [0.3, 0.4) is 0 Å². The standard InChI is InChI=1S/C9HF19S/c10-1(11,2(12,13)4(16,17)6(20,21)8(24,25)26)3(14,15)5(18,19)7(22,23)9(27,28)29/h29H. The van der Waals surface area contributed by atoms with Crippen LogP contribution >= 0.6 is 12.6 Å². The van der Waals surface area contributed by atoms with Crippen LogP contribution in [-0.4, -0.2) is 52.9 Å². The molecule has 0 saturated carbocycles. The minimum Gasteiger partial charge on any atom is -0.192 e. The van der Waals surface area contributed by atoms with Crippen LogP contribution in [0.4, 0.5) is 83.4 Å². The second-order valence-corrected chi connectivity index (χ2v) is 5.62. The van der Waals surface area contributed by atoms with E-state index in [2.05, 4.69) is 0 Å². The number of thiol groups is 1. The fraction of sp³-hybridized carbons (Fsp3) is 1.00. The van der Waals surface area contributed by atoms with Crippen molar-refractivity contribution in [3.05, 3.63) is 0 Å². The summed E-state index contributed by atoms with van der Waals surface area (Å²) in [6, 6.07) is 0. The molecule has 0 nitrogen and oxygen atoms in total. The molecule has 0 heterocycles. The van der Waals surface area contributed by atoms with Crippen molar-refractivity contribution in [3.63, 3.8) is 0 Å². The molecule has 29 heavy (non-hydrogen) atoms. The highest BCUT2D eigenvalue weighted by atomic mass is 32.1. The first kappa shape index (κ1) is 28.0. The Morgan fingerprint density at radius 1 is 0.276 bits per heavy atom. The zero-order valence-electron chi connectivity index (χ0n) is 12.1. The highest BCUT2D eigenvalue weighted by Gasteiger charge is 2.96. The van der Waals surface area contributed by atoms with Crippen LogP contribution in [0.5, 0.6) is 0 Å². The van der Waals surface area contributed by atoms with E-state index in [1.807, 2.05) is 0 Å². The van der Waals surface area contributed by atoms with Gasteiger partial charge in [0, 0.05) is 0 Å². The van der Waals surface area contributed by atoms with E-state index in [0.29, 0.717) is 0 Å². The molecule has 0 aromatic heterocycles.